The minimum Gasteiger partial charge on any atom is -0.345 e. The quantitative estimate of drug-likeness (QED) is 0.169. The highest BCUT2D eigenvalue weighted by atomic mass is 16.3. The summed E-state index contributed by atoms with van der Waals surface area (Å²) in [5, 5.41) is 13.6. The van der Waals surface area contributed by atoms with Crippen LogP contribution in [-0.2, 0) is 0 Å². The average molecular weight is 380 g/mol. The Hall–Kier alpha value is -0.800. The van der Waals surface area contributed by atoms with Crippen molar-refractivity contribution in [3.63, 3.8) is 0 Å². The molecule has 0 aliphatic carbocycles. The van der Waals surface area contributed by atoms with Crippen LogP contribution in [0.2, 0.25) is 0 Å². The minimum absolute atomic E-state index is 0.337. The van der Waals surface area contributed by atoms with Crippen molar-refractivity contribution in [2.24, 2.45) is 0 Å². The normalized spacial score (nSPS) is 23.2. The summed E-state index contributed by atoms with van der Waals surface area (Å²) in [6, 6.07) is 0. The maximum absolute atomic E-state index is 10.2. The van der Waals surface area contributed by atoms with Gasteiger partial charge in [0, 0.05) is 13.3 Å². The Morgan fingerprint density at radius 3 is 2.00 bits per heavy atom. The second kappa shape index (κ2) is 15.2. The van der Waals surface area contributed by atoms with Crippen LogP contribution in [-0.4, -0.2) is 28.5 Å². The van der Waals surface area contributed by atoms with Crippen LogP contribution in [0.15, 0.2) is 24.6 Å². The van der Waals surface area contributed by atoms with Crippen LogP contribution in [0.5, 0.6) is 0 Å². The first-order valence-electron chi connectivity index (χ1n) is 11.8. The summed E-state index contributed by atoms with van der Waals surface area (Å²) in [6.07, 6.45) is 27.6. The smallest absolute Gasteiger partial charge is 0.193 e. The predicted molar refractivity (Wildman–Crippen MR) is 118 cm³/mol. The van der Waals surface area contributed by atoms with Crippen LogP contribution in [0.3, 0.4) is 0 Å². The van der Waals surface area contributed by atoms with E-state index in [4.69, 9.17) is 0 Å². The SMILES string of the molecule is CCCCCCC/C=C/CCCCCCCCC1NC=C[N+]1(CC)C(C)O. The van der Waals surface area contributed by atoms with Gasteiger partial charge in [0.1, 0.15) is 6.20 Å². The van der Waals surface area contributed by atoms with Crippen molar-refractivity contribution in [1.29, 1.82) is 0 Å². The average Bonchev–Trinajstić information content (AvgIpc) is 3.09. The maximum Gasteiger partial charge on any atom is 0.193 e. The van der Waals surface area contributed by atoms with E-state index in [-0.39, 0.29) is 6.23 Å². The fourth-order valence-corrected chi connectivity index (χ4v) is 4.24. The highest BCUT2D eigenvalue weighted by Crippen LogP contribution is 2.25. The Morgan fingerprint density at radius 1 is 0.889 bits per heavy atom. The van der Waals surface area contributed by atoms with Gasteiger partial charge >= 0.3 is 0 Å². The Morgan fingerprint density at radius 2 is 1.44 bits per heavy atom. The van der Waals surface area contributed by atoms with Crippen molar-refractivity contribution in [3.05, 3.63) is 24.6 Å². The predicted octanol–water partition coefficient (Wildman–Crippen LogP) is 6.60. The Labute approximate surface area is 169 Å². The molecule has 0 aromatic heterocycles. The summed E-state index contributed by atoms with van der Waals surface area (Å²) in [7, 11) is 0. The number of aliphatic hydroxyl groups excluding tert-OH is 1. The van der Waals surface area contributed by atoms with E-state index in [2.05, 4.69) is 37.5 Å². The number of rotatable bonds is 17. The van der Waals surface area contributed by atoms with E-state index in [0.717, 1.165) is 13.0 Å². The van der Waals surface area contributed by atoms with Gasteiger partial charge < -0.3 is 10.4 Å². The zero-order chi connectivity index (χ0) is 19.8. The number of aliphatic hydroxyl groups is 1. The largest absolute Gasteiger partial charge is 0.345 e. The van der Waals surface area contributed by atoms with Crippen LogP contribution >= 0.6 is 0 Å². The topological polar surface area (TPSA) is 32.3 Å². The molecule has 3 heteroatoms. The van der Waals surface area contributed by atoms with Gasteiger partial charge in [-0.2, -0.15) is 0 Å². The van der Waals surface area contributed by atoms with Gasteiger partial charge in [0.2, 0.25) is 0 Å². The molecular formula is C24H47N2O+. The highest BCUT2D eigenvalue weighted by molar-refractivity contribution is 4.84. The van der Waals surface area contributed by atoms with Gasteiger partial charge in [-0.1, -0.05) is 70.4 Å². The van der Waals surface area contributed by atoms with Crippen LogP contribution in [0.25, 0.3) is 0 Å². The van der Waals surface area contributed by atoms with E-state index in [1.165, 1.54) is 83.5 Å². The Bertz CT molecular complexity index is 405. The third-order valence-electron chi connectivity index (χ3n) is 6.20. The Kier molecular flexibility index (Phi) is 13.6. The van der Waals surface area contributed by atoms with E-state index in [9.17, 15) is 5.11 Å². The standard InChI is InChI=1S/C24H47N2O/c1-4-6-7-8-9-10-11-12-13-14-15-16-17-18-19-20-24-25-21-22-26(24,5-2)23(3)27/h11-12,21-25,27H,4-10,13-20H2,1-3H3/q+1/b12-11+. The van der Waals surface area contributed by atoms with Crippen LogP contribution in [0, 0.1) is 0 Å². The van der Waals surface area contributed by atoms with Crippen LogP contribution < -0.4 is 5.32 Å². The summed E-state index contributed by atoms with van der Waals surface area (Å²) in [6.45, 7) is 7.29. The summed E-state index contributed by atoms with van der Waals surface area (Å²) in [5.41, 5.74) is 0. The van der Waals surface area contributed by atoms with Gasteiger partial charge in [-0.25, -0.2) is 0 Å². The van der Waals surface area contributed by atoms with E-state index in [1.807, 2.05) is 13.1 Å². The molecule has 3 unspecified atom stereocenters. The molecule has 1 aliphatic rings. The minimum atomic E-state index is -0.337. The molecule has 1 heterocycles. The van der Waals surface area contributed by atoms with Crippen molar-refractivity contribution in [3.8, 4) is 0 Å². The molecule has 0 aromatic carbocycles. The van der Waals surface area contributed by atoms with Gasteiger partial charge in [-0.05, 0) is 39.0 Å². The number of quaternary nitrogens is 1. The lowest BCUT2D eigenvalue weighted by Gasteiger charge is -2.39. The maximum atomic E-state index is 10.2. The Balaban J connectivity index is 1.93. The third kappa shape index (κ3) is 9.30. The van der Waals surface area contributed by atoms with Crippen LogP contribution in [0.4, 0.5) is 0 Å². The lowest BCUT2D eigenvalue weighted by molar-refractivity contribution is -0.942. The lowest BCUT2D eigenvalue weighted by Crippen LogP contribution is -2.57. The fraction of sp³-hybridized carbons (Fsp3) is 0.833. The van der Waals surface area contributed by atoms with Crippen LogP contribution in [0.1, 0.15) is 111 Å². The van der Waals surface area contributed by atoms with Gasteiger partial charge in [0.25, 0.3) is 0 Å². The first kappa shape index (κ1) is 24.2. The van der Waals surface area contributed by atoms with Crippen molar-refractivity contribution in [1.82, 2.24) is 5.32 Å². The lowest BCUT2D eigenvalue weighted by atomic mass is 10.1. The molecule has 0 fully saturated rings. The number of nitrogens with zero attached hydrogens (tertiary/aromatic N) is 1. The zero-order valence-electron chi connectivity index (χ0n) is 18.5. The highest BCUT2D eigenvalue weighted by Gasteiger charge is 2.40. The van der Waals surface area contributed by atoms with E-state index >= 15 is 0 Å². The number of hydrogen-bond acceptors (Lipinski definition) is 2. The number of allylic oxidation sites excluding steroid dienone is 2. The monoisotopic (exact) mass is 379 g/mol. The molecule has 0 saturated carbocycles. The van der Waals surface area contributed by atoms with Gasteiger partial charge in [0.15, 0.2) is 12.4 Å². The molecule has 0 bridgehead atoms. The number of unbranched alkanes of at least 4 members (excludes halogenated alkanes) is 11. The van der Waals surface area contributed by atoms with Crippen molar-refractivity contribution in [2.45, 2.75) is 123 Å². The van der Waals surface area contributed by atoms with E-state index < -0.39 is 0 Å². The molecule has 27 heavy (non-hydrogen) atoms. The fourth-order valence-electron chi connectivity index (χ4n) is 4.24. The van der Waals surface area contributed by atoms with Gasteiger partial charge in [0.05, 0.1) is 12.7 Å². The molecule has 0 aromatic rings. The van der Waals surface area contributed by atoms with Crippen molar-refractivity contribution < 1.29 is 9.59 Å². The van der Waals surface area contributed by atoms with E-state index in [0.29, 0.717) is 10.6 Å². The second-order valence-electron chi connectivity index (χ2n) is 8.31. The summed E-state index contributed by atoms with van der Waals surface area (Å²) < 4.78 is 0.672. The summed E-state index contributed by atoms with van der Waals surface area (Å²) >= 11 is 0. The molecule has 0 saturated heterocycles. The molecule has 158 valence electrons. The first-order chi connectivity index (χ1) is 13.2. The molecule has 2 N–H and O–H groups in total. The van der Waals surface area contributed by atoms with Crippen molar-refractivity contribution >= 4 is 0 Å². The molecular weight excluding hydrogens is 332 g/mol. The van der Waals surface area contributed by atoms with Gasteiger partial charge in [-0.15, -0.1) is 0 Å². The number of nitrogens with one attached hydrogen (secondary N) is 1. The second-order valence-corrected chi connectivity index (χ2v) is 8.31. The molecule has 1 rings (SSSR count). The zero-order valence-corrected chi connectivity index (χ0v) is 18.5. The molecule has 0 spiro atoms. The molecule has 0 radical (unpaired) electrons. The van der Waals surface area contributed by atoms with Gasteiger partial charge in [-0.3, -0.25) is 4.48 Å². The third-order valence-corrected chi connectivity index (χ3v) is 6.20. The summed E-state index contributed by atoms with van der Waals surface area (Å²) in [5.74, 6) is 0. The van der Waals surface area contributed by atoms with E-state index in [1.54, 1.807) is 0 Å². The first-order valence-corrected chi connectivity index (χ1v) is 11.8. The molecule has 3 atom stereocenters. The molecule has 0 amide bonds. The number of hydrogen-bond donors (Lipinski definition) is 2. The van der Waals surface area contributed by atoms with Crippen molar-refractivity contribution in [2.75, 3.05) is 6.54 Å². The summed E-state index contributed by atoms with van der Waals surface area (Å²) in [4.78, 5) is 0. The molecule has 3 nitrogen and oxygen atoms in total. The molecule has 1 aliphatic heterocycles.